The standard InChI is InChI=1S/C42H81NO12S/c1-3-5-7-9-11-13-15-16-17-18-19-21-22-24-26-28-30-35(45)34(33-53-42-39(48)40(55-56(50,51)52)38(47)37(32-44)54-42)43-41(49)36(46)31-29-27-25-23-20-14-12-10-8-6-4-2/h12,14,34-40,42,44-48H,3-11,13,15-33H2,1-2H3,(H,43,49)(H,50,51,52)/b14-12-. The summed E-state index contributed by atoms with van der Waals surface area (Å²) < 4.78 is 47.5. The summed E-state index contributed by atoms with van der Waals surface area (Å²) in [4.78, 5) is 13.1. The second-order valence-corrected chi connectivity index (χ2v) is 16.8. The summed E-state index contributed by atoms with van der Waals surface area (Å²) in [5.74, 6) is -0.680. The molecule has 0 aromatic carbocycles. The van der Waals surface area contributed by atoms with Crippen LogP contribution in [-0.2, 0) is 28.9 Å². The second kappa shape index (κ2) is 33.6. The van der Waals surface area contributed by atoms with Gasteiger partial charge in [-0.05, 0) is 38.5 Å². The lowest BCUT2D eigenvalue weighted by molar-refractivity contribution is -0.298. The van der Waals surface area contributed by atoms with Crippen molar-refractivity contribution in [1.29, 1.82) is 0 Å². The predicted octanol–water partition coefficient (Wildman–Crippen LogP) is 6.97. The van der Waals surface area contributed by atoms with Crippen molar-refractivity contribution in [1.82, 2.24) is 5.32 Å². The topological polar surface area (TPSA) is 212 Å². The molecule has 8 unspecified atom stereocenters. The van der Waals surface area contributed by atoms with E-state index < -0.39 is 78.5 Å². The van der Waals surface area contributed by atoms with Crippen LogP contribution in [0, 0.1) is 0 Å². The minimum atomic E-state index is -5.11. The largest absolute Gasteiger partial charge is 0.397 e. The van der Waals surface area contributed by atoms with E-state index in [2.05, 4.69) is 35.5 Å². The first-order valence-electron chi connectivity index (χ1n) is 22.2. The first-order chi connectivity index (χ1) is 26.9. The summed E-state index contributed by atoms with van der Waals surface area (Å²) in [5.41, 5.74) is 0. The highest BCUT2D eigenvalue weighted by Crippen LogP contribution is 2.26. The van der Waals surface area contributed by atoms with E-state index in [9.17, 15) is 38.7 Å². The van der Waals surface area contributed by atoms with Gasteiger partial charge in [-0.2, -0.15) is 8.42 Å². The van der Waals surface area contributed by atoms with Gasteiger partial charge in [0.25, 0.3) is 0 Å². The first-order valence-corrected chi connectivity index (χ1v) is 23.5. The molecule has 14 heteroatoms. The van der Waals surface area contributed by atoms with Crippen LogP contribution >= 0.6 is 0 Å². The molecule has 332 valence electrons. The zero-order valence-electron chi connectivity index (χ0n) is 34.8. The monoisotopic (exact) mass is 824 g/mol. The molecule has 7 N–H and O–H groups in total. The van der Waals surface area contributed by atoms with Crippen LogP contribution in [0.4, 0.5) is 0 Å². The Balaban J connectivity index is 2.59. The van der Waals surface area contributed by atoms with Gasteiger partial charge in [0.05, 0.1) is 25.4 Å². The Labute approximate surface area is 339 Å². The van der Waals surface area contributed by atoms with E-state index in [1.807, 2.05) is 0 Å². The molecule has 1 heterocycles. The maximum absolute atomic E-state index is 13.1. The van der Waals surface area contributed by atoms with Gasteiger partial charge in [-0.15, -0.1) is 0 Å². The molecule has 0 bridgehead atoms. The van der Waals surface area contributed by atoms with E-state index in [1.54, 1.807) is 0 Å². The Morgan fingerprint density at radius 1 is 0.696 bits per heavy atom. The Hall–Kier alpha value is -1.20. The van der Waals surface area contributed by atoms with E-state index in [4.69, 9.17) is 14.0 Å². The summed E-state index contributed by atoms with van der Waals surface area (Å²) in [6.45, 7) is 3.23. The zero-order chi connectivity index (χ0) is 41.4. The number of unbranched alkanes of at least 4 members (excludes halogenated alkanes) is 22. The van der Waals surface area contributed by atoms with Gasteiger partial charge in [0, 0.05) is 0 Å². The van der Waals surface area contributed by atoms with E-state index in [0.29, 0.717) is 19.3 Å². The first kappa shape index (κ1) is 52.8. The van der Waals surface area contributed by atoms with Crippen molar-refractivity contribution in [3.05, 3.63) is 12.2 Å². The molecule has 1 saturated heterocycles. The van der Waals surface area contributed by atoms with E-state index in [1.165, 1.54) is 96.3 Å². The van der Waals surface area contributed by atoms with Gasteiger partial charge in [0.1, 0.15) is 30.5 Å². The summed E-state index contributed by atoms with van der Waals surface area (Å²) in [7, 11) is -5.11. The smallest absolute Gasteiger partial charge is 0.394 e. The lowest BCUT2D eigenvalue weighted by atomic mass is 9.99. The van der Waals surface area contributed by atoms with Gasteiger partial charge in [-0.1, -0.05) is 161 Å². The summed E-state index contributed by atoms with van der Waals surface area (Å²) in [6, 6.07) is -1.03. The average Bonchev–Trinajstić information content (AvgIpc) is 3.16. The van der Waals surface area contributed by atoms with Gasteiger partial charge in [0.15, 0.2) is 6.29 Å². The Morgan fingerprint density at radius 2 is 1.14 bits per heavy atom. The molecule has 0 aliphatic carbocycles. The number of aliphatic hydroxyl groups excluding tert-OH is 5. The minimum absolute atomic E-state index is 0.247. The number of carbonyl (C=O) groups excluding carboxylic acids is 1. The number of hydrogen-bond acceptors (Lipinski definition) is 11. The van der Waals surface area contributed by atoms with Gasteiger partial charge < -0.3 is 40.3 Å². The fraction of sp³-hybridized carbons (Fsp3) is 0.929. The fourth-order valence-electron chi connectivity index (χ4n) is 7.11. The highest BCUT2D eigenvalue weighted by atomic mass is 32.3. The van der Waals surface area contributed by atoms with Gasteiger partial charge in [-0.3, -0.25) is 9.35 Å². The number of nitrogens with one attached hydrogen (secondary N) is 1. The molecular formula is C42H81NO12S. The van der Waals surface area contributed by atoms with Crippen molar-refractivity contribution < 1.29 is 57.0 Å². The van der Waals surface area contributed by atoms with Crippen LogP contribution in [0.25, 0.3) is 0 Å². The number of ether oxygens (including phenoxy) is 2. The Morgan fingerprint density at radius 3 is 1.64 bits per heavy atom. The van der Waals surface area contributed by atoms with Crippen molar-refractivity contribution in [2.45, 2.75) is 236 Å². The number of aliphatic hydroxyl groups is 5. The van der Waals surface area contributed by atoms with E-state index in [0.717, 1.165) is 51.4 Å². The third kappa shape index (κ3) is 26.0. The predicted molar refractivity (Wildman–Crippen MR) is 219 cm³/mol. The molecule has 0 radical (unpaired) electrons. The molecule has 0 saturated carbocycles. The number of amides is 1. The molecule has 8 atom stereocenters. The molecule has 1 fully saturated rings. The highest BCUT2D eigenvalue weighted by Gasteiger charge is 2.48. The van der Waals surface area contributed by atoms with Crippen molar-refractivity contribution in [2.75, 3.05) is 13.2 Å². The van der Waals surface area contributed by atoms with Crippen LogP contribution in [0.5, 0.6) is 0 Å². The van der Waals surface area contributed by atoms with Crippen molar-refractivity contribution in [2.24, 2.45) is 0 Å². The maximum atomic E-state index is 13.1. The molecule has 0 aromatic rings. The summed E-state index contributed by atoms with van der Waals surface area (Å²) >= 11 is 0. The molecule has 1 rings (SSSR count). The van der Waals surface area contributed by atoms with Gasteiger partial charge >= 0.3 is 10.4 Å². The lowest BCUT2D eigenvalue weighted by Crippen LogP contribution is -2.61. The number of allylic oxidation sites excluding steroid dienone is 2. The second-order valence-electron chi connectivity index (χ2n) is 15.8. The van der Waals surface area contributed by atoms with Crippen LogP contribution < -0.4 is 5.32 Å². The van der Waals surface area contributed by atoms with Crippen molar-refractivity contribution in [3.8, 4) is 0 Å². The molecule has 56 heavy (non-hydrogen) atoms. The number of hydrogen-bond donors (Lipinski definition) is 7. The molecule has 13 nitrogen and oxygen atoms in total. The van der Waals surface area contributed by atoms with Crippen molar-refractivity contribution >= 4 is 16.3 Å². The number of rotatable bonds is 37. The third-order valence-electron chi connectivity index (χ3n) is 10.7. The molecule has 0 spiro atoms. The van der Waals surface area contributed by atoms with Crippen LogP contribution in [0.2, 0.25) is 0 Å². The lowest BCUT2D eigenvalue weighted by Gasteiger charge is -2.41. The molecule has 1 aliphatic rings. The Bertz CT molecular complexity index is 1080. The summed E-state index contributed by atoms with van der Waals surface area (Å²) in [6.07, 6.45) is 22.6. The normalized spacial score (nSPS) is 22.0. The summed E-state index contributed by atoms with van der Waals surface area (Å²) in [5, 5.41) is 55.2. The molecular weight excluding hydrogens is 743 g/mol. The highest BCUT2D eigenvalue weighted by molar-refractivity contribution is 7.80. The number of carbonyl (C=O) groups is 1. The molecule has 0 aromatic heterocycles. The SMILES string of the molecule is CCCCC/C=C\CCCCCCC(O)C(=O)NC(COC1OC(CO)C(O)C(OS(=O)(=O)O)C1O)C(O)CCCCCCCCCCCCCCCCCC. The van der Waals surface area contributed by atoms with Crippen LogP contribution in [0.1, 0.15) is 187 Å². The van der Waals surface area contributed by atoms with Gasteiger partial charge in [-0.25, -0.2) is 4.18 Å². The molecule has 1 aliphatic heterocycles. The van der Waals surface area contributed by atoms with Gasteiger partial charge in [0.2, 0.25) is 5.91 Å². The van der Waals surface area contributed by atoms with Crippen LogP contribution in [0.15, 0.2) is 12.2 Å². The van der Waals surface area contributed by atoms with Crippen molar-refractivity contribution in [3.63, 3.8) is 0 Å². The quantitative estimate of drug-likeness (QED) is 0.0192. The van der Waals surface area contributed by atoms with E-state index >= 15 is 0 Å². The zero-order valence-corrected chi connectivity index (χ0v) is 35.6. The average molecular weight is 824 g/mol. The Kier molecular flexibility index (Phi) is 31.7. The minimum Gasteiger partial charge on any atom is -0.394 e. The van der Waals surface area contributed by atoms with E-state index in [-0.39, 0.29) is 6.42 Å². The van der Waals surface area contributed by atoms with Crippen LogP contribution in [-0.4, -0.2) is 107 Å². The van der Waals surface area contributed by atoms with Crippen LogP contribution in [0.3, 0.4) is 0 Å². The molecule has 1 amide bonds. The fourth-order valence-corrected chi connectivity index (χ4v) is 7.61. The maximum Gasteiger partial charge on any atom is 0.397 e. The third-order valence-corrected chi connectivity index (χ3v) is 11.1.